The van der Waals surface area contributed by atoms with Gasteiger partial charge in [0, 0.05) is 0 Å². The number of aliphatic hydroxyl groups excluding tert-OH is 1. The largest absolute Gasteiger partial charge is 0.449 e. The lowest BCUT2D eigenvalue weighted by Crippen LogP contribution is -2.33. The van der Waals surface area contributed by atoms with Crippen LogP contribution in [0, 0.1) is 5.92 Å². The normalized spacial score (nSPS) is 30.9. The maximum atomic E-state index is 10.1. The summed E-state index contributed by atoms with van der Waals surface area (Å²) in [7, 11) is 0. The summed E-state index contributed by atoms with van der Waals surface area (Å²) in [6.45, 7) is 0.354. The highest BCUT2D eigenvalue weighted by molar-refractivity contribution is 5.64. The van der Waals surface area contributed by atoms with Crippen molar-refractivity contribution < 1.29 is 14.6 Å². The highest BCUT2D eigenvalue weighted by atomic mass is 16.5. The van der Waals surface area contributed by atoms with Gasteiger partial charge in [0.1, 0.15) is 0 Å². The zero-order valence-electron chi connectivity index (χ0n) is 5.62. The molecule has 0 spiro atoms. The van der Waals surface area contributed by atoms with Gasteiger partial charge in [0.15, 0.2) is 0 Å². The molecule has 0 radical (unpaired) electrons. The highest BCUT2D eigenvalue weighted by Crippen LogP contribution is 2.26. The number of amides is 1. The molecule has 0 aromatic heterocycles. The van der Waals surface area contributed by atoms with E-state index in [1.165, 1.54) is 0 Å². The molecule has 1 fully saturated rings. The van der Waals surface area contributed by atoms with Gasteiger partial charge in [0.2, 0.25) is 0 Å². The second-order valence-electron chi connectivity index (χ2n) is 2.62. The maximum Gasteiger partial charge on any atom is 0.404 e. The zero-order chi connectivity index (χ0) is 7.56. The van der Waals surface area contributed by atoms with E-state index >= 15 is 0 Å². The lowest BCUT2D eigenvalue weighted by atomic mass is 9.83. The lowest BCUT2D eigenvalue weighted by Gasteiger charge is -2.30. The van der Waals surface area contributed by atoms with Gasteiger partial charge in [-0.1, -0.05) is 0 Å². The standard InChI is InChI=1S/C6H11NO3/c7-6(9)10-3-4-1-5(8)2-4/h4-5,8H,1-3H2,(H2,7,9). The summed E-state index contributed by atoms with van der Waals surface area (Å²) >= 11 is 0. The molecule has 1 saturated carbocycles. The van der Waals surface area contributed by atoms with Crippen molar-refractivity contribution in [1.29, 1.82) is 0 Å². The summed E-state index contributed by atoms with van der Waals surface area (Å²) in [6.07, 6.45) is 0.531. The summed E-state index contributed by atoms with van der Waals surface area (Å²) < 4.78 is 4.52. The molecule has 0 unspecified atom stereocenters. The number of nitrogens with two attached hydrogens (primary N) is 1. The number of carbonyl (C=O) groups excluding carboxylic acids is 1. The van der Waals surface area contributed by atoms with Crippen LogP contribution in [0.5, 0.6) is 0 Å². The molecule has 1 rings (SSSR count). The average molecular weight is 145 g/mol. The second-order valence-corrected chi connectivity index (χ2v) is 2.62. The topological polar surface area (TPSA) is 72.6 Å². The Balaban J connectivity index is 2.00. The predicted octanol–water partition coefficient (Wildman–Crippen LogP) is -0.147. The fourth-order valence-corrected chi connectivity index (χ4v) is 1.04. The van der Waals surface area contributed by atoms with Gasteiger partial charge in [-0.05, 0) is 18.8 Å². The van der Waals surface area contributed by atoms with Crippen molar-refractivity contribution in [3.63, 3.8) is 0 Å². The Morgan fingerprint density at radius 1 is 1.70 bits per heavy atom. The fraction of sp³-hybridized carbons (Fsp3) is 0.833. The molecule has 58 valence electrons. The molecule has 3 N–H and O–H groups in total. The van der Waals surface area contributed by atoms with E-state index < -0.39 is 6.09 Å². The van der Waals surface area contributed by atoms with Crippen molar-refractivity contribution >= 4 is 6.09 Å². The Bertz CT molecular complexity index is 131. The lowest BCUT2D eigenvalue weighted by molar-refractivity contribution is 0.00987. The minimum Gasteiger partial charge on any atom is -0.449 e. The van der Waals surface area contributed by atoms with Gasteiger partial charge in [0.05, 0.1) is 12.7 Å². The average Bonchev–Trinajstić information content (AvgIpc) is 1.77. The van der Waals surface area contributed by atoms with Crippen molar-refractivity contribution in [1.82, 2.24) is 0 Å². The Labute approximate surface area is 59.0 Å². The van der Waals surface area contributed by atoms with E-state index in [4.69, 9.17) is 10.8 Å². The molecular formula is C6H11NO3. The zero-order valence-corrected chi connectivity index (χ0v) is 5.62. The number of aliphatic hydroxyl groups is 1. The molecule has 1 amide bonds. The Morgan fingerprint density at radius 3 is 2.70 bits per heavy atom. The van der Waals surface area contributed by atoms with Crippen LogP contribution in [0.25, 0.3) is 0 Å². The van der Waals surface area contributed by atoms with Crippen molar-refractivity contribution in [2.45, 2.75) is 18.9 Å². The first-order valence-electron chi connectivity index (χ1n) is 3.29. The summed E-state index contributed by atoms with van der Waals surface area (Å²) in [5.41, 5.74) is 4.73. The van der Waals surface area contributed by atoms with Crippen LogP contribution in [0.1, 0.15) is 12.8 Å². The third-order valence-electron chi connectivity index (χ3n) is 1.67. The Kier molecular flexibility index (Phi) is 2.11. The number of primary amides is 1. The van der Waals surface area contributed by atoms with Gasteiger partial charge >= 0.3 is 6.09 Å². The third kappa shape index (κ3) is 1.88. The summed E-state index contributed by atoms with van der Waals surface area (Å²) in [5.74, 6) is 0.322. The van der Waals surface area contributed by atoms with Gasteiger partial charge in [-0.25, -0.2) is 4.79 Å². The summed E-state index contributed by atoms with van der Waals surface area (Å²) in [5, 5.41) is 8.81. The van der Waals surface area contributed by atoms with Crippen LogP contribution in [-0.2, 0) is 4.74 Å². The van der Waals surface area contributed by atoms with Crippen molar-refractivity contribution in [3.05, 3.63) is 0 Å². The molecule has 1 aliphatic rings. The molecule has 0 aliphatic heterocycles. The van der Waals surface area contributed by atoms with E-state index in [1.54, 1.807) is 0 Å². The molecule has 0 aromatic rings. The third-order valence-corrected chi connectivity index (χ3v) is 1.67. The first-order chi connectivity index (χ1) is 4.68. The molecule has 0 heterocycles. The second kappa shape index (κ2) is 2.88. The van der Waals surface area contributed by atoms with E-state index in [9.17, 15) is 4.79 Å². The van der Waals surface area contributed by atoms with Crippen LogP contribution in [0.4, 0.5) is 4.79 Å². The molecule has 0 bridgehead atoms. The number of carbonyl (C=O) groups is 1. The van der Waals surface area contributed by atoms with Gasteiger partial charge < -0.3 is 15.6 Å². The minimum absolute atomic E-state index is 0.193. The van der Waals surface area contributed by atoms with Gasteiger partial charge in [-0.2, -0.15) is 0 Å². The van der Waals surface area contributed by atoms with Crippen LogP contribution < -0.4 is 5.73 Å². The van der Waals surface area contributed by atoms with Crippen LogP contribution in [0.3, 0.4) is 0 Å². The van der Waals surface area contributed by atoms with E-state index in [0.29, 0.717) is 12.5 Å². The van der Waals surface area contributed by atoms with Crippen molar-refractivity contribution in [2.75, 3.05) is 6.61 Å². The van der Waals surface area contributed by atoms with E-state index in [-0.39, 0.29) is 6.10 Å². The molecule has 0 aromatic carbocycles. The number of ether oxygens (including phenoxy) is 1. The monoisotopic (exact) mass is 145 g/mol. The van der Waals surface area contributed by atoms with Crippen molar-refractivity contribution in [2.24, 2.45) is 11.7 Å². The molecule has 0 atom stereocenters. The molecule has 0 saturated heterocycles. The number of rotatable bonds is 2. The van der Waals surface area contributed by atoms with Gasteiger partial charge in [-0.3, -0.25) is 0 Å². The predicted molar refractivity (Wildman–Crippen MR) is 34.3 cm³/mol. The smallest absolute Gasteiger partial charge is 0.404 e. The quantitative estimate of drug-likeness (QED) is 0.567. The van der Waals surface area contributed by atoms with Crippen LogP contribution in [0.2, 0.25) is 0 Å². The Morgan fingerprint density at radius 2 is 2.30 bits per heavy atom. The SMILES string of the molecule is NC(=O)OCC1CC(O)C1. The van der Waals surface area contributed by atoms with E-state index in [0.717, 1.165) is 12.8 Å². The first kappa shape index (κ1) is 7.34. The minimum atomic E-state index is -0.735. The van der Waals surface area contributed by atoms with Crippen LogP contribution in [0.15, 0.2) is 0 Å². The van der Waals surface area contributed by atoms with Crippen LogP contribution >= 0.6 is 0 Å². The molecular weight excluding hydrogens is 134 g/mol. The highest BCUT2D eigenvalue weighted by Gasteiger charge is 2.27. The molecule has 1 aliphatic carbocycles. The van der Waals surface area contributed by atoms with E-state index in [1.807, 2.05) is 0 Å². The number of hydrogen-bond donors (Lipinski definition) is 2. The molecule has 10 heavy (non-hydrogen) atoms. The fourth-order valence-electron chi connectivity index (χ4n) is 1.04. The summed E-state index contributed by atoms with van der Waals surface area (Å²) in [6, 6.07) is 0. The molecule has 4 heteroatoms. The first-order valence-corrected chi connectivity index (χ1v) is 3.29. The number of hydrogen-bond acceptors (Lipinski definition) is 3. The van der Waals surface area contributed by atoms with Crippen LogP contribution in [-0.4, -0.2) is 23.9 Å². The molecule has 4 nitrogen and oxygen atoms in total. The summed E-state index contributed by atoms with van der Waals surface area (Å²) in [4.78, 5) is 10.1. The Hall–Kier alpha value is -0.770. The van der Waals surface area contributed by atoms with Crippen molar-refractivity contribution in [3.8, 4) is 0 Å². The van der Waals surface area contributed by atoms with E-state index in [2.05, 4.69) is 4.74 Å². The van der Waals surface area contributed by atoms with Gasteiger partial charge in [0.25, 0.3) is 0 Å². The maximum absolute atomic E-state index is 10.1. The van der Waals surface area contributed by atoms with Gasteiger partial charge in [-0.15, -0.1) is 0 Å².